The minimum Gasteiger partial charge on any atom is -0.318 e. The molecule has 2 bridgehead atoms. The van der Waals surface area contributed by atoms with Gasteiger partial charge < -0.3 is 14.8 Å². The lowest BCUT2D eigenvalue weighted by atomic mass is 9.64. The Balaban J connectivity index is 1.47. The third-order valence-electron chi connectivity index (χ3n) is 6.57. The smallest absolute Gasteiger partial charge is 0.318 e. The number of aromatic nitrogens is 5. The molecule has 13 heteroatoms. The molecule has 4 heterocycles. The molecule has 0 spiro atoms. The predicted octanol–water partition coefficient (Wildman–Crippen LogP) is 4.51. The molecule has 1 aromatic carbocycles. The van der Waals surface area contributed by atoms with Crippen LogP contribution in [0.25, 0.3) is 11.4 Å². The fraction of sp³-hybridized carbons (Fsp3) is 0.409. The Morgan fingerprint density at radius 2 is 1.83 bits per heavy atom. The Morgan fingerprint density at radius 3 is 2.49 bits per heavy atom. The van der Waals surface area contributed by atoms with Crippen LogP contribution in [0.1, 0.15) is 31.7 Å². The molecule has 3 aromatic rings. The first-order chi connectivity index (χ1) is 16.6. The van der Waals surface area contributed by atoms with Crippen molar-refractivity contribution < 1.29 is 26.7 Å². The molecule has 1 saturated carbocycles. The molecule has 3 aliphatic rings. The highest BCUT2D eigenvalue weighted by Gasteiger charge is 2.58. The van der Waals surface area contributed by atoms with Crippen molar-refractivity contribution in [3.05, 3.63) is 54.4 Å². The number of anilines is 1. The van der Waals surface area contributed by atoms with Crippen molar-refractivity contribution in [2.75, 3.05) is 5.32 Å². The van der Waals surface area contributed by atoms with Crippen molar-refractivity contribution in [3.63, 3.8) is 0 Å². The van der Waals surface area contributed by atoms with E-state index in [0.717, 1.165) is 18.9 Å². The molecular weight excluding hydrogens is 473 g/mol. The Kier molecular flexibility index (Phi) is 5.44. The second kappa shape index (κ2) is 8.24. The summed E-state index contributed by atoms with van der Waals surface area (Å²) >= 11 is 0. The number of halogens is 5. The van der Waals surface area contributed by atoms with E-state index < -0.39 is 52.0 Å². The first-order valence-corrected chi connectivity index (χ1v) is 10.9. The van der Waals surface area contributed by atoms with E-state index in [9.17, 15) is 26.7 Å². The van der Waals surface area contributed by atoms with Gasteiger partial charge in [0, 0.05) is 18.2 Å². The van der Waals surface area contributed by atoms with Crippen molar-refractivity contribution >= 4 is 11.7 Å². The second-order valence-corrected chi connectivity index (χ2v) is 9.16. The lowest BCUT2D eigenvalue weighted by molar-refractivity contribution is -0.137. The third-order valence-corrected chi connectivity index (χ3v) is 6.57. The molecule has 6 rings (SSSR count). The number of rotatable bonds is 4. The summed E-state index contributed by atoms with van der Waals surface area (Å²) in [5, 5.41) is 10.0. The maximum Gasteiger partial charge on any atom is 0.417 e. The number of nitrogens with zero attached hydrogens (tertiary/aromatic N) is 6. The maximum absolute atomic E-state index is 14.8. The minimum atomic E-state index is -4.93. The van der Waals surface area contributed by atoms with Gasteiger partial charge in [-0.05, 0) is 37.3 Å². The zero-order valence-electron chi connectivity index (χ0n) is 18.4. The van der Waals surface area contributed by atoms with Crippen LogP contribution in [-0.2, 0) is 12.7 Å². The molecule has 184 valence electrons. The van der Waals surface area contributed by atoms with Gasteiger partial charge in [-0.2, -0.15) is 13.2 Å². The van der Waals surface area contributed by atoms with Gasteiger partial charge in [0.2, 0.25) is 0 Å². The Hall–Kier alpha value is -3.64. The fourth-order valence-corrected chi connectivity index (χ4v) is 5.42. The third kappa shape index (κ3) is 4.19. The zero-order valence-corrected chi connectivity index (χ0v) is 18.4. The second-order valence-electron chi connectivity index (χ2n) is 9.16. The Bertz CT molecular complexity index is 1250. The molecule has 3 atom stereocenters. The molecule has 1 aliphatic carbocycles. The molecule has 2 aromatic heterocycles. The molecule has 3 fully saturated rings. The van der Waals surface area contributed by atoms with Gasteiger partial charge in [0.1, 0.15) is 18.5 Å². The number of nitrogens with one attached hydrogen (secondary N) is 1. The molecule has 2 saturated heterocycles. The monoisotopic (exact) mass is 493 g/mol. The van der Waals surface area contributed by atoms with E-state index in [1.165, 1.54) is 0 Å². The van der Waals surface area contributed by atoms with Crippen LogP contribution < -0.4 is 5.32 Å². The number of amides is 2. The first-order valence-electron chi connectivity index (χ1n) is 10.9. The van der Waals surface area contributed by atoms with Crippen LogP contribution in [0.15, 0.2) is 37.2 Å². The largest absolute Gasteiger partial charge is 0.417 e. The molecule has 8 nitrogen and oxygen atoms in total. The normalized spacial score (nSPS) is 23.7. The van der Waals surface area contributed by atoms with Crippen LogP contribution in [0.5, 0.6) is 0 Å². The molecule has 35 heavy (non-hydrogen) atoms. The van der Waals surface area contributed by atoms with E-state index in [0.29, 0.717) is 31.3 Å². The molecule has 2 aliphatic heterocycles. The summed E-state index contributed by atoms with van der Waals surface area (Å²) < 4.78 is 70.6. The van der Waals surface area contributed by atoms with E-state index in [1.54, 1.807) is 22.1 Å². The first kappa shape index (κ1) is 23.1. The SMILES string of the molecule is C[C@@H]1C[C@@H]2CC(Cn3cnnc3)(C1)N2C(=O)Nc1cc(-c2ncc(F)cn2)c(C(F)(F)F)cc1F. The van der Waals surface area contributed by atoms with Crippen molar-refractivity contribution in [1.29, 1.82) is 0 Å². The number of benzene rings is 1. The van der Waals surface area contributed by atoms with Crippen molar-refractivity contribution in [3.8, 4) is 11.4 Å². The highest BCUT2D eigenvalue weighted by molar-refractivity contribution is 5.92. The van der Waals surface area contributed by atoms with E-state index in [-0.39, 0.29) is 12.1 Å². The highest BCUT2D eigenvalue weighted by atomic mass is 19.4. The number of hydrogen-bond donors (Lipinski definition) is 1. The van der Waals surface area contributed by atoms with Crippen LogP contribution in [0, 0.1) is 17.6 Å². The molecular formula is C22H20F5N7O. The minimum absolute atomic E-state index is 0.0763. The molecule has 0 radical (unpaired) electrons. The molecule has 1 unspecified atom stereocenters. The summed E-state index contributed by atoms with van der Waals surface area (Å²) in [4.78, 5) is 22.1. The summed E-state index contributed by atoms with van der Waals surface area (Å²) in [5.74, 6) is -2.19. The number of hydrogen-bond acceptors (Lipinski definition) is 5. The average molecular weight is 493 g/mol. The van der Waals surface area contributed by atoms with E-state index in [2.05, 4.69) is 32.4 Å². The highest BCUT2D eigenvalue weighted by Crippen LogP contribution is 2.51. The van der Waals surface area contributed by atoms with Gasteiger partial charge in [0.25, 0.3) is 0 Å². The Morgan fingerprint density at radius 1 is 1.14 bits per heavy atom. The van der Waals surface area contributed by atoms with Crippen molar-refractivity contribution in [1.82, 2.24) is 29.6 Å². The van der Waals surface area contributed by atoms with Gasteiger partial charge in [0.05, 0.1) is 29.2 Å². The van der Waals surface area contributed by atoms with Crippen LogP contribution in [0.3, 0.4) is 0 Å². The predicted molar refractivity (Wildman–Crippen MR) is 113 cm³/mol. The van der Waals surface area contributed by atoms with Crippen LogP contribution in [0.4, 0.5) is 32.4 Å². The van der Waals surface area contributed by atoms with E-state index in [4.69, 9.17) is 0 Å². The number of carbonyl (C=O) groups is 1. The number of fused-ring (bicyclic) bond motifs is 2. The molecule has 1 N–H and O–H groups in total. The van der Waals surface area contributed by atoms with Gasteiger partial charge in [-0.15, -0.1) is 10.2 Å². The summed E-state index contributed by atoms with van der Waals surface area (Å²) in [6, 6.07) is 0.413. The van der Waals surface area contributed by atoms with Gasteiger partial charge in [-0.25, -0.2) is 23.5 Å². The summed E-state index contributed by atoms with van der Waals surface area (Å²) in [6.07, 6.45) is 1.80. The summed E-state index contributed by atoms with van der Waals surface area (Å²) in [7, 11) is 0. The van der Waals surface area contributed by atoms with Crippen LogP contribution >= 0.6 is 0 Å². The average Bonchev–Trinajstić information content (AvgIpc) is 3.27. The zero-order chi connectivity index (χ0) is 25.0. The lowest BCUT2D eigenvalue weighted by Crippen LogP contribution is -2.73. The lowest BCUT2D eigenvalue weighted by Gasteiger charge is -2.63. The van der Waals surface area contributed by atoms with Crippen LogP contribution in [0.2, 0.25) is 0 Å². The van der Waals surface area contributed by atoms with Gasteiger partial charge >= 0.3 is 12.2 Å². The fourth-order valence-electron chi connectivity index (χ4n) is 5.42. The quantitative estimate of drug-likeness (QED) is 0.541. The number of alkyl halides is 3. The number of piperidine rings is 1. The van der Waals surface area contributed by atoms with E-state index >= 15 is 0 Å². The van der Waals surface area contributed by atoms with Crippen molar-refractivity contribution in [2.45, 2.75) is 50.5 Å². The Labute approximate surface area is 196 Å². The van der Waals surface area contributed by atoms with Gasteiger partial charge in [-0.3, -0.25) is 0 Å². The van der Waals surface area contributed by atoms with Gasteiger partial charge in [0.15, 0.2) is 11.6 Å². The standard InChI is InChI=1S/C22H20F5N7O/c1-12-2-14-6-21(5-12,9-33-10-30-31-11-33)34(14)20(35)32-18-3-15(19-28-7-13(23)8-29-19)16(4-17(18)24)22(25,26)27/h3-4,7-8,10-12,14H,2,5-6,9H2,1H3,(H,32,35)/t12-,14-,21?/m1/s1. The number of carbonyl (C=O) groups excluding carboxylic acids is 1. The van der Waals surface area contributed by atoms with Crippen molar-refractivity contribution in [2.24, 2.45) is 5.92 Å². The maximum atomic E-state index is 14.8. The van der Waals surface area contributed by atoms with E-state index in [1.807, 2.05) is 0 Å². The summed E-state index contributed by atoms with van der Waals surface area (Å²) in [6.45, 7) is 2.53. The number of urea groups is 1. The summed E-state index contributed by atoms with van der Waals surface area (Å²) in [5.41, 5.74) is -2.91. The van der Waals surface area contributed by atoms with Crippen LogP contribution in [-0.4, -0.2) is 47.2 Å². The topological polar surface area (TPSA) is 88.8 Å². The molecule has 2 amide bonds. The van der Waals surface area contributed by atoms with Gasteiger partial charge in [-0.1, -0.05) is 6.92 Å².